The summed E-state index contributed by atoms with van der Waals surface area (Å²) in [5.74, 6) is -0.278. The molecule has 1 atom stereocenters. The fourth-order valence-corrected chi connectivity index (χ4v) is 3.66. The number of halogens is 2. The fourth-order valence-electron chi connectivity index (χ4n) is 3.33. The maximum Gasteiger partial charge on any atom is 0.225 e. The number of nitrogens with one attached hydrogen (secondary N) is 1. The van der Waals surface area contributed by atoms with Crippen molar-refractivity contribution in [2.75, 3.05) is 26.3 Å². The highest BCUT2D eigenvalue weighted by molar-refractivity contribution is 9.10. The van der Waals surface area contributed by atoms with Crippen LogP contribution in [0.5, 0.6) is 0 Å². The first-order valence-electron chi connectivity index (χ1n) is 8.54. The highest BCUT2D eigenvalue weighted by Crippen LogP contribution is 2.29. The lowest BCUT2D eigenvalue weighted by Gasteiger charge is -2.29. The molecule has 4 rings (SSSR count). The number of ether oxygens (including phenoxy) is 1. The van der Waals surface area contributed by atoms with E-state index >= 15 is 0 Å². The Morgan fingerprint density at radius 3 is 3.08 bits per heavy atom. The van der Waals surface area contributed by atoms with Crippen LogP contribution in [0.3, 0.4) is 0 Å². The second kappa shape index (κ2) is 7.01. The van der Waals surface area contributed by atoms with Crippen molar-refractivity contribution >= 4 is 32.9 Å². The minimum Gasteiger partial charge on any atom is -0.379 e. The first-order chi connectivity index (χ1) is 12.1. The zero-order chi connectivity index (χ0) is 17.4. The van der Waals surface area contributed by atoms with Crippen LogP contribution < -0.4 is 5.32 Å². The minimum absolute atomic E-state index is 0.00612. The van der Waals surface area contributed by atoms with Crippen molar-refractivity contribution in [3.63, 3.8) is 0 Å². The van der Waals surface area contributed by atoms with E-state index in [0.717, 1.165) is 17.4 Å². The van der Waals surface area contributed by atoms with Crippen molar-refractivity contribution in [2.24, 2.45) is 0 Å². The van der Waals surface area contributed by atoms with Crippen LogP contribution >= 0.6 is 15.9 Å². The Balaban J connectivity index is 1.40. The summed E-state index contributed by atoms with van der Waals surface area (Å²) in [4.78, 5) is 18.4. The lowest BCUT2D eigenvalue weighted by molar-refractivity contribution is -0.133. The maximum absolute atomic E-state index is 14.7. The lowest BCUT2D eigenvalue weighted by atomic mass is 10.1. The molecule has 0 aromatic carbocycles. The number of fused-ring (bicyclic) bond motifs is 3. The summed E-state index contributed by atoms with van der Waals surface area (Å²) < 4.78 is 22.9. The molecule has 4 heterocycles. The van der Waals surface area contributed by atoms with Crippen molar-refractivity contribution in [1.29, 1.82) is 0 Å². The van der Waals surface area contributed by atoms with Gasteiger partial charge in [-0.2, -0.15) is 0 Å². The lowest BCUT2D eigenvalue weighted by Crippen LogP contribution is -2.46. The summed E-state index contributed by atoms with van der Waals surface area (Å²) in [5, 5.41) is 3.75. The van der Waals surface area contributed by atoms with Crippen molar-refractivity contribution in [3.05, 3.63) is 28.2 Å². The molecule has 0 spiro atoms. The Labute approximate surface area is 153 Å². The maximum atomic E-state index is 14.7. The van der Waals surface area contributed by atoms with Crippen molar-refractivity contribution in [3.8, 4) is 0 Å². The third-order valence-electron chi connectivity index (χ3n) is 4.90. The van der Waals surface area contributed by atoms with Gasteiger partial charge in [0.15, 0.2) is 5.82 Å². The Morgan fingerprint density at radius 2 is 2.32 bits per heavy atom. The molecule has 2 aliphatic rings. The number of carbonyl (C=O) groups excluding carboxylic acids is 1. The summed E-state index contributed by atoms with van der Waals surface area (Å²) in [6.45, 7) is 3.51. The monoisotopic (exact) mass is 410 g/mol. The SMILES string of the molecule is O=C(CCOCC1CCN1)N1CCn2c(c(F)c3cc(Br)cnc32)C1. The van der Waals surface area contributed by atoms with E-state index in [2.05, 4.69) is 26.2 Å². The normalized spacial score (nSPS) is 19.8. The number of amides is 1. The van der Waals surface area contributed by atoms with E-state index in [1.807, 2.05) is 4.57 Å². The van der Waals surface area contributed by atoms with Gasteiger partial charge >= 0.3 is 0 Å². The third kappa shape index (κ3) is 3.30. The van der Waals surface area contributed by atoms with Crippen LogP contribution in [0, 0.1) is 5.82 Å². The zero-order valence-corrected chi connectivity index (χ0v) is 15.4. The summed E-state index contributed by atoms with van der Waals surface area (Å²) in [5.41, 5.74) is 1.17. The topological polar surface area (TPSA) is 59.4 Å². The molecule has 1 N–H and O–H groups in total. The predicted octanol–water partition coefficient (Wildman–Crippen LogP) is 2.05. The van der Waals surface area contributed by atoms with Gasteiger partial charge in [-0.25, -0.2) is 9.37 Å². The van der Waals surface area contributed by atoms with Gasteiger partial charge in [0.2, 0.25) is 5.91 Å². The highest BCUT2D eigenvalue weighted by atomic mass is 79.9. The Bertz CT molecular complexity index is 806. The van der Waals surface area contributed by atoms with Crippen molar-refractivity contribution in [2.45, 2.75) is 32.0 Å². The van der Waals surface area contributed by atoms with Gasteiger partial charge in [0.05, 0.1) is 37.3 Å². The number of nitrogens with zero attached hydrogens (tertiary/aromatic N) is 3. The molecule has 2 aliphatic heterocycles. The number of carbonyl (C=O) groups is 1. The smallest absolute Gasteiger partial charge is 0.225 e. The molecule has 0 aliphatic carbocycles. The summed E-state index contributed by atoms with van der Waals surface area (Å²) in [7, 11) is 0. The molecule has 134 valence electrons. The molecule has 1 fully saturated rings. The van der Waals surface area contributed by atoms with Gasteiger partial charge in [-0.05, 0) is 35.0 Å². The molecule has 25 heavy (non-hydrogen) atoms. The molecule has 1 amide bonds. The van der Waals surface area contributed by atoms with Crippen molar-refractivity contribution in [1.82, 2.24) is 19.8 Å². The Kier molecular flexibility index (Phi) is 4.75. The number of aromatic nitrogens is 2. The number of rotatable bonds is 5. The van der Waals surface area contributed by atoms with Crippen LogP contribution in [0.15, 0.2) is 16.7 Å². The standard InChI is InChI=1S/C17H20BrFN4O2/c18-11-7-13-16(19)14-9-22(4-5-23(14)17(13)21-8-11)15(24)2-6-25-10-12-1-3-20-12/h7-8,12,20H,1-6,9-10H2. The van der Waals surface area contributed by atoms with Gasteiger partial charge in [-0.15, -0.1) is 0 Å². The van der Waals surface area contributed by atoms with E-state index in [4.69, 9.17) is 4.74 Å². The predicted molar refractivity (Wildman–Crippen MR) is 94.7 cm³/mol. The molecule has 2 aromatic heterocycles. The Morgan fingerprint density at radius 1 is 1.48 bits per heavy atom. The Hall–Kier alpha value is -1.51. The van der Waals surface area contributed by atoms with E-state index in [9.17, 15) is 9.18 Å². The summed E-state index contributed by atoms with van der Waals surface area (Å²) in [6.07, 6.45) is 3.13. The van der Waals surface area contributed by atoms with Gasteiger partial charge in [-0.1, -0.05) is 0 Å². The molecular weight excluding hydrogens is 391 g/mol. The van der Waals surface area contributed by atoms with Crippen LogP contribution in [0.2, 0.25) is 0 Å². The average molecular weight is 411 g/mol. The fraction of sp³-hybridized carbons (Fsp3) is 0.529. The van der Waals surface area contributed by atoms with Crippen molar-refractivity contribution < 1.29 is 13.9 Å². The molecule has 2 aromatic rings. The summed E-state index contributed by atoms with van der Waals surface area (Å²) >= 11 is 3.33. The van der Waals surface area contributed by atoms with Crippen LogP contribution in [0.25, 0.3) is 11.0 Å². The first kappa shape index (κ1) is 16.9. The molecule has 0 bridgehead atoms. The first-order valence-corrected chi connectivity index (χ1v) is 9.34. The average Bonchev–Trinajstić information content (AvgIpc) is 2.84. The molecule has 1 unspecified atom stereocenters. The van der Waals surface area contributed by atoms with E-state index in [1.165, 1.54) is 0 Å². The van der Waals surface area contributed by atoms with E-state index in [0.29, 0.717) is 55.5 Å². The quantitative estimate of drug-likeness (QED) is 0.766. The van der Waals surface area contributed by atoms with Gasteiger partial charge in [-0.3, -0.25) is 4.79 Å². The summed E-state index contributed by atoms with van der Waals surface area (Å²) in [6, 6.07) is 2.17. The zero-order valence-electron chi connectivity index (χ0n) is 13.8. The van der Waals surface area contributed by atoms with Gasteiger partial charge < -0.3 is 19.5 Å². The van der Waals surface area contributed by atoms with Gasteiger partial charge in [0.1, 0.15) is 5.65 Å². The van der Waals surface area contributed by atoms with Crippen LogP contribution in [-0.4, -0.2) is 52.7 Å². The van der Waals surface area contributed by atoms with E-state index in [-0.39, 0.29) is 18.3 Å². The van der Waals surface area contributed by atoms with Crippen LogP contribution in [0.4, 0.5) is 4.39 Å². The third-order valence-corrected chi connectivity index (χ3v) is 5.33. The molecular formula is C17H20BrFN4O2. The minimum atomic E-state index is -0.284. The second-order valence-corrected chi connectivity index (χ2v) is 7.43. The number of pyridine rings is 1. The second-order valence-electron chi connectivity index (χ2n) is 6.52. The van der Waals surface area contributed by atoms with Crippen LogP contribution in [0.1, 0.15) is 18.5 Å². The molecule has 8 heteroatoms. The number of hydrogen-bond acceptors (Lipinski definition) is 4. The van der Waals surface area contributed by atoms with Gasteiger partial charge in [0.25, 0.3) is 0 Å². The largest absolute Gasteiger partial charge is 0.379 e. The molecule has 6 nitrogen and oxygen atoms in total. The van der Waals surface area contributed by atoms with Crippen LogP contribution in [-0.2, 0) is 22.6 Å². The highest BCUT2D eigenvalue weighted by Gasteiger charge is 2.27. The van der Waals surface area contributed by atoms with E-state index < -0.39 is 0 Å². The van der Waals surface area contributed by atoms with E-state index in [1.54, 1.807) is 17.2 Å². The molecule has 0 radical (unpaired) electrons. The number of hydrogen-bond donors (Lipinski definition) is 1. The molecule has 0 saturated carbocycles. The molecule has 1 saturated heterocycles. The van der Waals surface area contributed by atoms with Gasteiger partial charge in [0, 0.05) is 29.8 Å².